The summed E-state index contributed by atoms with van der Waals surface area (Å²) in [6.07, 6.45) is 5.13. The van der Waals surface area contributed by atoms with E-state index in [0.29, 0.717) is 32.0 Å². The molecule has 0 bridgehead atoms. The van der Waals surface area contributed by atoms with Crippen LogP contribution in [0.2, 0.25) is 0 Å². The number of hydrogen-bond donors (Lipinski definition) is 4. The SMILES string of the molecule is CC1(C)CC(OCCCN=C2C(=O)C(NCCCOC3CC(C)(C)NC(C)(C)C3)C2O)CC(C)(C)N1. The van der Waals surface area contributed by atoms with Crippen LogP contribution >= 0.6 is 0 Å². The van der Waals surface area contributed by atoms with Crippen molar-refractivity contribution in [2.75, 3.05) is 26.3 Å². The minimum absolute atomic E-state index is 0.0599. The summed E-state index contributed by atoms with van der Waals surface area (Å²) in [4.78, 5) is 16.8. The number of aliphatic hydroxyl groups excluding tert-OH is 1. The number of carbonyl (C=O) groups excluding carboxylic acids is 1. The number of nitrogens with zero attached hydrogens (tertiary/aromatic N) is 1. The highest BCUT2D eigenvalue weighted by atomic mass is 16.5. The standard InChI is InChI=1S/C28H52N4O4/c1-25(2)15-19(16-26(3,4)31-25)35-13-9-11-29-21-23(33)22(24(21)34)30-12-10-14-36-20-17-27(5,6)32-28(7,8)18-20/h19-21,23,29,31-33H,9-18H2,1-8H3. The number of hydrogen-bond acceptors (Lipinski definition) is 8. The minimum Gasteiger partial charge on any atom is -0.385 e. The third-order valence-electron chi connectivity index (χ3n) is 7.41. The Morgan fingerprint density at radius 3 is 1.72 bits per heavy atom. The van der Waals surface area contributed by atoms with Crippen molar-refractivity contribution in [2.45, 2.75) is 140 Å². The Hall–Kier alpha value is -0.900. The van der Waals surface area contributed by atoms with Gasteiger partial charge in [0.25, 0.3) is 0 Å². The van der Waals surface area contributed by atoms with Crippen LogP contribution in [0.1, 0.15) is 93.9 Å². The summed E-state index contributed by atoms with van der Waals surface area (Å²) in [5.74, 6) is -0.0898. The molecule has 3 aliphatic rings. The Labute approximate surface area is 218 Å². The molecule has 0 radical (unpaired) electrons. The maximum absolute atomic E-state index is 12.5. The Morgan fingerprint density at radius 2 is 1.28 bits per heavy atom. The number of aliphatic imine (C=N–C) groups is 1. The summed E-state index contributed by atoms with van der Waals surface area (Å²) in [6, 6.07) is -0.545. The van der Waals surface area contributed by atoms with E-state index in [1.54, 1.807) is 0 Å². The molecule has 1 aliphatic carbocycles. The van der Waals surface area contributed by atoms with E-state index in [1.165, 1.54) is 0 Å². The van der Waals surface area contributed by atoms with Crippen molar-refractivity contribution >= 4 is 11.5 Å². The second-order valence-electron chi connectivity index (χ2n) is 13.8. The Morgan fingerprint density at radius 1 is 0.833 bits per heavy atom. The number of nitrogens with one attached hydrogen (secondary N) is 3. The van der Waals surface area contributed by atoms with E-state index in [1.807, 2.05) is 0 Å². The van der Waals surface area contributed by atoms with E-state index in [2.05, 4.69) is 76.3 Å². The summed E-state index contributed by atoms with van der Waals surface area (Å²) in [6.45, 7) is 20.1. The van der Waals surface area contributed by atoms with Gasteiger partial charge in [-0.25, -0.2) is 0 Å². The Bertz CT molecular complexity index is 760. The topological polar surface area (TPSA) is 104 Å². The monoisotopic (exact) mass is 508 g/mol. The zero-order chi connectivity index (χ0) is 26.8. The molecule has 8 nitrogen and oxygen atoms in total. The summed E-state index contributed by atoms with van der Waals surface area (Å²) in [5.41, 5.74) is 0.549. The van der Waals surface area contributed by atoms with E-state index >= 15 is 0 Å². The molecule has 0 aromatic heterocycles. The van der Waals surface area contributed by atoms with Crippen LogP contribution in [0.3, 0.4) is 0 Å². The third-order valence-corrected chi connectivity index (χ3v) is 7.41. The van der Waals surface area contributed by atoms with Gasteiger partial charge >= 0.3 is 0 Å². The summed E-state index contributed by atoms with van der Waals surface area (Å²) >= 11 is 0. The average Bonchev–Trinajstić information content (AvgIpc) is 2.68. The molecule has 1 saturated carbocycles. The van der Waals surface area contributed by atoms with Crippen molar-refractivity contribution in [3.05, 3.63) is 0 Å². The van der Waals surface area contributed by atoms with E-state index < -0.39 is 12.1 Å². The van der Waals surface area contributed by atoms with Crippen molar-refractivity contribution in [1.82, 2.24) is 16.0 Å². The lowest BCUT2D eigenvalue weighted by atomic mass is 9.81. The molecule has 0 amide bonds. The van der Waals surface area contributed by atoms with Crippen molar-refractivity contribution in [1.29, 1.82) is 0 Å². The molecule has 2 heterocycles. The summed E-state index contributed by atoms with van der Waals surface area (Å²) in [7, 11) is 0. The van der Waals surface area contributed by atoms with Crippen LogP contribution in [0, 0.1) is 0 Å². The normalized spacial score (nSPS) is 30.9. The summed E-state index contributed by atoms with van der Waals surface area (Å²) in [5, 5.41) is 20.9. The number of rotatable bonds is 11. The maximum Gasteiger partial charge on any atom is 0.199 e. The lowest BCUT2D eigenvalue weighted by Crippen LogP contribution is -2.64. The molecule has 2 saturated heterocycles. The Kier molecular flexibility index (Phi) is 9.44. The van der Waals surface area contributed by atoms with Gasteiger partial charge in [-0.05, 0) is 100 Å². The van der Waals surface area contributed by atoms with E-state index in [4.69, 9.17) is 9.47 Å². The molecular weight excluding hydrogens is 456 g/mol. The number of piperidine rings is 2. The molecule has 2 atom stereocenters. The van der Waals surface area contributed by atoms with Gasteiger partial charge in [0.1, 0.15) is 17.9 Å². The van der Waals surface area contributed by atoms with Gasteiger partial charge in [0.05, 0.1) is 12.2 Å². The van der Waals surface area contributed by atoms with Crippen LogP contribution in [-0.4, -0.2) is 89.4 Å². The van der Waals surface area contributed by atoms with Crippen molar-refractivity contribution in [3.8, 4) is 0 Å². The zero-order valence-corrected chi connectivity index (χ0v) is 24.0. The van der Waals surface area contributed by atoms with Crippen LogP contribution < -0.4 is 16.0 Å². The van der Waals surface area contributed by atoms with E-state index in [0.717, 1.165) is 38.5 Å². The highest BCUT2D eigenvalue weighted by Gasteiger charge is 2.45. The predicted molar refractivity (Wildman–Crippen MR) is 145 cm³/mol. The molecule has 36 heavy (non-hydrogen) atoms. The van der Waals surface area contributed by atoms with Gasteiger partial charge in [-0.15, -0.1) is 0 Å². The highest BCUT2D eigenvalue weighted by molar-refractivity contribution is 6.50. The van der Waals surface area contributed by atoms with Gasteiger partial charge in [0, 0.05) is 41.9 Å². The largest absolute Gasteiger partial charge is 0.385 e. The molecule has 2 aliphatic heterocycles. The highest BCUT2D eigenvalue weighted by Crippen LogP contribution is 2.31. The first-order valence-corrected chi connectivity index (χ1v) is 13.9. The third kappa shape index (κ3) is 8.57. The van der Waals surface area contributed by atoms with Crippen LogP contribution in [-0.2, 0) is 14.3 Å². The summed E-state index contributed by atoms with van der Waals surface area (Å²) < 4.78 is 12.3. The number of aliphatic hydroxyl groups is 1. The molecule has 0 spiro atoms. The van der Waals surface area contributed by atoms with Crippen LogP contribution in [0.4, 0.5) is 0 Å². The minimum atomic E-state index is -0.823. The second-order valence-corrected chi connectivity index (χ2v) is 13.8. The van der Waals surface area contributed by atoms with Crippen molar-refractivity contribution in [3.63, 3.8) is 0 Å². The van der Waals surface area contributed by atoms with Gasteiger partial charge in [0.2, 0.25) is 0 Å². The Balaban J connectivity index is 1.29. The first kappa shape index (κ1) is 29.7. The van der Waals surface area contributed by atoms with Crippen LogP contribution in [0.5, 0.6) is 0 Å². The number of carbonyl (C=O) groups is 1. The zero-order valence-electron chi connectivity index (χ0n) is 24.0. The molecule has 0 aromatic rings. The van der Waals surface area contributed by atoms with Gasteiger partial charge < -0.3 is 30.5 Å². The fourth-order valence-electron chi connectivity index (χ4n) is 6.67. The average molecular weight is 509 g/mol. The van der Waals surface area contributed by atoms with E-state index in [9.17, 15) is 9.90 Å². The van der Waals surface area contributed by atoms with Gasteiger partial charge in [-0.3, -0.25) is 9.79 Å². The van der Waals surface area contributed by atoms with Gasteiger partial charge in [-0.1, -0.05) is 0 Å². The number of ether oxygens (including phenoxy) is 2. The molecule has 208 valence electrons. The smallest absolute Gasteiger partial charge is 0.199 e. The first-order chi connectivity index (χ1) is 16.6. The van der Waals surface area contributed by atoms with E-state index in [-0.39, 0.29) is 40.1 Å². The van der Waals surface area contributed by atoms with Crippen molar-refractivity contribution in [2.24, 2.45) is 4.99 Å². The predicted octanol–water partition coefficient (Wildman–Crippen LogP) is 2.76. The fourth-order valence-corrected chi connectivity index (χ4v) is 6.67. The molecule has 0 aromatic carbocycles. The molecule has 2 unspecified atom stereocenters. The van der Waals surface area contributed by atoms with Crippen molar-refractivity contribution < 1.29 is 19.4 Å². The lowest BCUT2D eigenvalue weighted by Gasteiger charge is -2.46. The molecule has 3 rings (SSSR count). The lowest BCUT2D eigenvalue weighted by molar-refractivity contribution is -0.121. The van der Waals surface area contributed by atoms with Crippen LogP contribution in [0.25, 0.3) is 0 Å². The molecule has 3 fully saturated rings. The quantitative estimate of drug-likeness (QED) is 0.318. The second kappa shape index (κ2) is 11.5. The molecular formula is C28H52N4O4. The molecule has 4 N–H and O–H groups in total. The molecule has 8 heteroatoms. The fraction of sp³-hybridized carbons (Fsp3) is 0.929. The van der Waals surface area contributed by atoms with Gasteiger partial charge in [-0.2, -0.15) is 0 Å². The number of ketones is 1. The maximum atomic E-state index is 12.5. The number of Topliss-reactive ketones (excluding diaryl/α,β-unsaturated/α-hetero) is 1. The van der Waals surface area contributed by atoms with Gasteiger partial charge in [0.15, 0.2) is 5.78 Å². The van der Waals surface area contributed by atoms with Crippen LogP contribution in [0.15, 0.2) is 4.99 Å². The first-order valence-electron chi connectivity index (χ1n) is 13.9.